The predicted molar refractivity (Wildman–Crippen MR) is 135 cm³/mol. The van der Waals surface area contributed by atoms with Gasteiger partial charge in [-0.05, 0) is 25.0 Å². The molecule has 0 amide bonds. The number of rotatable bonds is 17. The maximum Gasteiger partial charge on any atom is 0.253 e. The van der Waals surface area contributed by atoms with E-state index in [0.717, 1.165) is 28.7 Å². The molecule has 0 bridgehead atoms. The summed E-state index contributed by atoms with van der Waals surface area (Å²) in [6.45, 7) is 6.27. The number of hydrogen-bond acceptors (Lipinski definition) is 0. The third kappa shape index (κ3) is 10.00. The molecule has 2 aromatic rings. The van der Waals surface area contributed by atoms with Gasteiger partial charge in [-0.3, -0.25) is 0 Å². The number of halogens is 2. The minimum absolute atomic E-state index is 0.718. The third-order valence-corrected chi connectivity index (χ3v) is 7.11. The van der Waals surface area contributed by atoms with E-state index in [1.807, 2.05) is 18.2 Å². The van der Waals surface area contributed by atoms with Crippen molar-refractivity contribution in [2.75, 3.05) is 0 Å². The molecule has 0 aliphatic rings. The van der Waals surface area contributed by atoms with Gasteiger partial charge in [0.2, 0.25) is 0 Å². The van der Waals surface area contributed by atoms with Gasteiger partial charge in [0.1, 0.15) is 18.9 Å². The van der Waals surface area contributed by atoms with E-state index in [4.69, 9.17) is 23.2 Å². The molecule has 4 heteroatoms. The van der Waals surface area contributed by atoms with Crippen molar-refractivity contribution in [1.82, 2.24) is 4.57 Å². The van der Waals surface area contributed by atoms with E-state index in [1.165, 1.54) is 95.7 Å². The van der Waals surface area contributed by atoms with E-state index in [1.54, 1.807) is 0 Å². The molecule has 0 aliphatic heterocycles. The summed E-state index contributed by atoms with van der Waals surface area (Å²) in [6.07, 6.45) is 23.9. The Morgan fingerprint density at radius 1 is 0.742 bits per heavy atom. The fraction of sp³-hybridized carbons (Fsp3) is 0.667. The number of aryl methyl sites for hydroxylation is 1. The summed E-state index contributed by atoms with van der Waals surface area (Å²) >= 11 is 12.7. The lowest BCUT2D eigenvalue weighted by molar-refractivity contribution is -0.693. The maximum absolute atomic E-state index is 6.34. The number of unbranched alkanes of at least 4 members (excludes halogenated alkanes) is 13. The number of aromatic nitrogens is 2. The lowest BCUT2D eigenvalue weighted by Crippen LogP contribution is -2.36. The van der Waals surface area contributed by atoms with Crippen molar-refractivity contribution in [1.29, 1.82) is 0 Å². The molecule has 0 saturated heterocycles. The Morgan fingerprint density at radius 2 is 1.23 bits per heavy atom. The second-order valence-electron chi connectivity index (χ2n) is 8.96. The van der Waals surface area contributed by atoms with Gasteiger partial charge in [-0.1, -0.05) is 113 Å². The summed E-state index contributed by atoms with van der Waals surface area (Å²) in [5.74, 6) is 1.26. The van der Waals surface area contributed by atoms with E-state index in [-0.39, 0.29) is 0 Å². The van der Waals surface area contributed by atoms with Crippen LogP contribution in [0.5, 0.6) is 0 Å². The smallest absolute Gasteiger partial charge is 0.234 e. The van der Waals surface area contributed by atoms with Crippen LogP contribution in [0.15, 0.2) is 30.6 Å². The molecule has 0 saturated carbocycles. The second-order valence-corrected chi connectivity index (χ2v) is 9.78. The highest BCUT2D eigenvalue weighted by Crippen LogP contribution is 2.24. The van der Waals surface area contributed by atoms with E-state index < -0.39 is 0 Å². The summed E-state index contributed by atoms with van der Waals surface area (Å²) in [5, 5.41) is 1.47. The van der Waals surface area contributed by atoms with Gasteiger partial charge in [-0.25, -0.2) is 9.13 Å². The molecule has 1 aromatic carbocycles. The monoisotopic (exact) mass is 465 g/mol. The largest absolute Gasteiger partial charge is 0.253 e. The molecule has 2 nitrogen and oxygen atoms in total. The van der Waals surface area contributed by atoms with Crippen LogP contribution in [0, 0.1) is 6.92 Å². The second kappa shape index (κ2) is 15.8. The van der Waals surface area contributed by atoms with Crippen molar-refractivity contribution >= 4 is 23.2 Å². The number of benzene rings is 1. The molecule has 0 fully saturated rings. The van der Waals surface area contributed by atoms with Crippen LogP contribution in [-0.2, 0) is 13.1 Å². The van der Waals surface area contributed by atoms with E-state index in [0.29, 0.717) is 0 Å². The first-order valence-corrected chi connectivity index (χ1v) is 13.4. The van der Waals surface area contributed by atoms with E-state index >= 15 is 0 Å². The molecule has 1 heterocycles. The lowest BCUT2D eigenvalue weighted by atomic mass is 10.0. The number of hydrogen-bond donors (Lipinski definition) is 0. The van der Waals surface area contributed by atoms with Gasteiger partial charge in [-0.15, -0.1) is 0 Å². The van der Waals surface area contributed by atoms with Crippen LogP contribution < -0.4 is 4.57 Å². The fourth-order valence-electron chi connectivity index (χ4n) is 4.28. The first-order chi connectivity index (χ1) is 15.1. The molecule has 0 atom stereocenters. The molecule has 174 valence electrons. The molecular weight excluding hydrogens is 423 g/mol. The van der Waals surface area contributed by atoms with Gasteiger partial charge in [0.25, 0.3) is 5.82 Å². The summed E-state index contributed by atoms with van der Waals surface area (Å²) in [5.41, 5.74) is 0.994. The Morgan fingerprint density at radius 3 is 1.74 bits per heavy atom. The van der Waals surface area contributed by atoms with Crippen LogP contribution in [0.1, 0.15) is 108 Å². The highest BCUT2D eigenvalue weighted by Gasteiger charge is 2.15. The van der Waals surface area contributed by atoms with E-state index in [9.17, 15) is 0 Å². The molecule has 0 N–H and O–H groups in total. The summed E-state index contributed by atoms with van der Waals surface area (Å²) in [4.78, 5) is 0. The quantitative estimate of drug-likeness (QED) is 0.163. The maximum atomic E-state index is 6.34. The topological polar surface area (TPSA) is 8.81 Å². The average molecular weight is 467 g/mol. The summed E-state index contributed by atoms with van der Waals surface area (Å²) < 4.78 is 4.59. The molecular formula is C27H43Cl2N2+. The number of nitrogens with zero attached hydrogens (tertiary/aromatic N) is 2. The van der Waals surface area contributed by atoms with Crippen LogP contribution in [0.25, 0.3) is 0 Å². The Bertz CT molecular complexity index is 719. The SMILES string of the molecule is CCCCCCCCCCCCCCCCn1cc[n+](Cc2c(Cl)cccc2Cl)c1C. The van der Waals surface area contributed by atoms with Gasteiger partial charge < -0.3 is 0 Å². The van der Waals surface area contributed by atoms with Gasteiger partial charge >= 0.3 is 0 Å². The van der Waals surface area contributed by atoms with Crippen LogP contribution in [-0.4, -0.2) is 4.57 Å². The first-order valence-electron chi connectivity index (χ1n) is 12.6. The minimum atomic E-state index is 0.718. The van der Waals surface area contributed by atoms with E-state index in [2.05, 4.69) is 35.4 Å². The van der Waals surface area contributed by atoms with Crippen LogP contribution >= 0.6 is 23.2 Å². The third-order valence-electron chi connectivity index (χ3n) is 6.40. The highest BCUT2D eigenvalue weighted by atomic mass is 35.5. The molecule has 0 spiro atoms. The van der Waals surface area contributed by atoms with Gasteiger partial charge in [0.15, 0.2) is 0 Å². The normalized spacial score (nSPS) is 11.4. The summed E-state index contributed by atoms with van der Waals surface area (Å²) in [7, 11) is 0. The molecule has 1 aromatic heterocycles. The van der Waals surface area contributed by atoms with Crippen molar-refractivity contribution in [2.45, 2.75) is 117 Å². The first kappa shape index (κ1) is 26.3. The van der Waals surface area contributed by atoms with Crippen LogP contribution in [0.4, 0.5) is 0 Å². The minimum Gasteiger partial charge on any atom is -0.234 e. The summed E-state index contributed by atoms with van der Waals surface area (Å²) in [6, 6.07) is 5.71. The number of imidazole rings is 1. The molecule has 2 rings (SSSR count). The molecule has 0 aliphatic carbocycles. The van der Waals surface area contributed by atoms with Gasteiger partial charge in [-0.2, -0.15) is 0 Å². The zero-order valence-electron chi connectivity index (χ0n) is 19.9. The fourth-order valence-corrected chi connectivity index (χ4v) is 4.79. The standard InChI is InChI=1S/C27H43Cl2N2/c1-3-4-5-6-7-8-9-10-11-12-13-14-15-16-20-30-21-22-31(24(30)2)23-25-26(28)18-17-19-27(25)29/h17-19,21-22H,3-16,20,23H2,1-2H3/q+1. The lowest BCUT2D eigenvalue weighted by Gasteiger charge is -2.06. The van der Waals surface area contributed by atoms with Crippen molar-refractivity contribution in [3.8, 4) is 0 Å². The van der Waals surface area contributed by atoms with Crippen molar-refractivity contribution < 1.29 is 4.57 Å². The van der Waals surface area contributed by atoms with Gasteiger partial charge in [0.05, 0.1) is 6.54 Å². The van der Waals surface area contributed by atoms with Crippen molar-refractivity contribution in [2.24, 2.45) is 0 Å². The average Bonchev–Trinajstić information content (AvgIpc) is 3.10. The van der Waals surface area contributed by atoms with Crippen molar-refractivity contribution in [3.05, 3.63) is 52.0 Å². The highest BCUT2D eigenvalue weighted by molar-refractivity contribution is 6.35. The van der Waals surface area contributed by atoms with Crippen LogP contribution in [0.2, 0.25) is 10.0 Å². The Labute approximate surface area is 201 Å². The molecule has 0 unspecified atom stereocenters. The Balaban J connectivity index is 1.53. The molecule has 0 radical (unpaired) electrons. The predicted octanol–water partition coefficient (Wildman–Crippen LogP) is 8.92. The Hall–Kier alpha value is -0.990. The van der Waals surface area contributed by atoms with Crippen molar-refractivity contribution in [3.63, 3.8) is 0 Å². The Kier molecular flexibility index (Phi) is 13.3. The zero-order chi connectivity index (χ0) is 22.3. The van der Waals surface area contributed by atoms with Gasteiger partial charge in [0, 0.05) is 22.5 Å². The van der Waals surface area contributed by atoms with Crippen LogP contribution in [0.3, 0.4) is 0 Å². The zero-order valence-corrected chi connectivity index (χ0v) is 21.4. The molecule has 31 heavy (non-hydrogen) atoms.